The molecule has 96 valence electrons. The van der Waals surface area contributed by atoms with Crippen LogP contribution >= 0.6 is 0 Å². The molecular formula is C14H30N2. The van der Waals surface area contributed by atoms with E-state index in [-0.39, 0.29) is 0 Å². The van der Waals surface area contributed by atoms with Gasteiger partial charge < -0.3 is 10.2 Å². The van der Waals surface area contributed by atoms with Crippen molar-refractivity contribution in [3.05, 3.63) is 0 Å². The zero-order valence-corrected chi connectivity index (χ0v) is 11.8. The van der Waals surface area contributed by atoms with Gasteiger partial charge >= 0.3 is 0 Å². The summed E-state index contributed by atoms with van der Waals surface area (Å²) in [6, 6.07) is 1.43. The molecule has 0 amide bonds. The van der Waals surface area contributed by atoms with Crippen LogP contribution in [0.2, 0.25) is 0 Å². The lowest BCUT2D eigenvalue weighted by atomic mass is 9.75. The topological polar surface area (TPSA) is 15.3 Å². The average molecular weight is 226 g/mol. The molecule has 1 saturated carbocycles. The molecule has 0 aromatic rings. The second-order valence-corrected chi connectivity index (χ2v) is 6.39. The van der Waals surface area contributed by atoms with Crippen LogP contribution in [0.15, 0.2) is 0 Å². The summed E-state index contributed by atoms with van der Waals surface area (Å²) in [7, 11) is 4.36. The Morgan fingerprint density at radius 1 is 1.38 bits per heavy atom. The van der Waals surface area contributed by atoms with Crippen molar-refractivity contribution in [1.82, 2.24) is 10.2 Å². The first kappa shape index (κ1) is 14.0. The average Bonchev–Trinajstić information content (AvgIpc) is 2.16. The molecule has 0 radical (unpaired) electrons. The lowest BCUT2D eigenvalue weighted by molar-refractivity contribution is 0.185. The highest BCUT2D eigenvalue weighted by molar-refractivity contribution is 4.84. The van der Waals surface area contributed by atoms with Crippen LogP contribution in [0.4, 0.5) is 0 Å². The summed E-state index contributed by atoms with van der Waals surface area (Å²) in [4.78, 5) is 2.33. The summed E-state index contributed by atoms with van der Waals surface area (Å²) in [6.07, 6.45) is 6.74. The standard InChI is InChI=1S/C14H30N2/c1-6-13(16(4)5)11-15-12-8-7-9-14(2,3)10-12/h12-13,15H,6-11H2,1-5H3. The molecule has 0 aliphatic heterocycles. The molecule has 1 rings (SSSR count). The monoisotopic (exact) mass is 226 g/mol. The van der Waals surface area contributed by atoms with Crippen molar-refractivity contribution < 1.29 is 0 Å². The van der Waals surface area contributed by atoms with Crippen molar-refractivity contribution in [1.29, 1.82) is 0 Å². The van der Waals surface area contributed by atoms with E-state index < -0.39 is 0 Å². The van der Waals surface area contributed by atoms with Crippen molar-refractivity contribution in [2.75, 3.05) is 20.6 Å². The summed E-state index contributed by atoms with van der Waals surface area (Å²) in [6.45, 7) is 8.23. The maximum Gasteiger partial charge on any atom is 0.0212 e. The molecule has 0 aromatic heterocycles. The van der Waals surface area contributed by atoms with Gasteiger partial charge in [0.25, 0.3) is 0 Å². The van der Waals surface area contributed by atoms with Gasteiger partial charge in [0.2, 0.25) is 0 Å². The molecule has 2 unspecified atom stereocenters. The number of nitrogens with zero attached hydrogens (tertiary/aromatic N) is 1. The van der Waals surface area contributed by atoms with Crippen LogP contribution in [-0.4, -0.2) is 37.6 Å². The van der Waals surface area contributed by atoms with Crippen molar-refractivity contribution in [2.45, 2.75) is 65.0 Å². The van der Waals surface area contributed by atoms with Crippen molar-refractivity contribution >= 4 is 0 Å². The van der Waals surface area contributed by atoms with Gasteiger partial charge in [-0.2, -0.15) is 0 Å². The third kappa shape index (κ3) is 4.42. The number of likely N-dealkylation sites (N-methyl/N-ethyl adjacent to an activating group) is 1. The van der Waals surface area contributed by atoms with Gasteiger partial charge in [-0.05, 0) is 45.2 Å². The number of rotatable bonds is 5. The van der Waals surface area contributed by atoms with Gasteiger partial charge in [0.1, 0.15) is 0 Å². The van der Waals surface area contributed by atoms with E-state index in [2.05, 4.69) is 45.1 Å². The summed E-state index contributed by atoms with van der Waals surface area (Å²) in [5, 5.41) is 3.77. The first-order valence-corrected chi connectivity index (χ1v) is 6.84. The van der Waals surface area contributed by atoms with E-state index >= 15 is 0 Å². The van der Waals surface area contributed by atoms with E-state index in [0.29, 0.717) is 11.5 Å². The molecule has 0 bridgehead atoms. The highest BCUT2D eigenvalue weighted by Crippen LogP contribution is 2.35. The number of nitrogens with one attached hydrogen (secondary N) is 1. The van der Waals surface area contributed by atoms with E-state index in [1.807, 2.05) is 0 Å². The van der Waals surface area contributed by atoms with Gasteiger partial charge in [-0.15, -0.1) is 0 Å². The van der Waals surface area contributed by atoms with Gasteiger partial charge in [0.05, 0.1) is 0 Å². The highest BCUT2D eigenvalue weighted by Gasteiger charge is 2.27. The Kier molecular flexibility index (Phi) is 5.26. The maximum absolute atomic E-state index is 3.77. The minimum absolute atomic E-state index is 0.551. The lowest BCUT2D eigenvalue weighted by Crippen LogP contribution is -2.44. The second kappa shape index (κ2) is 6.02. The molecule has 0 spiro atoms. The van der Waals surface area contributed by atoms with E-state index in [9.17, 15) is 0 Å². The number of hydrogen-bond acceptors (Lipinski definition) is 2. The molecule has 2 heteroatoms. The molecule has 2 nitrogen and oxygen atoms in total. The predicted molar refractivity (Wildman–Crippen MR) is 71.8 cm³/mol. The molecule has 0 aromatic carbocycles. The second-order valence-electron chi connectivity index (χ2n) is 6.39. The molecule has 0 heterocycles. The van der Waals surface area contributed by atoms with Crippen LogP contribution in [0.5, 0.6) is 0 Å². The molecule has 2 atom stereocenters. The Hall–Kier alpha value is -0.0800. The summed E-state index contributed by atoms with van der Waals surface area (Å²) in [5.41, 5.74) is 0.551. The SMILES string of the molecule is CCC(CNC1CCCC(C)(C)C1)N(C)C. The predicted octanol–water partition coefficient (Wildman–Crippen LogP) is 2.89. The van der Waals surface area contributed by atoms with E-state index in [0.717, 1.165) is 12.6 Å². The zero-order valence-electron chi connectivity index (χ0n) is 11.8. The van der Waals surface area contributed by atoms with Crippen LogP contribution in [0.3, 0.4) is 0 Å². The normalized spacial score (nSPS) is 27.0. The van der Waals surface area contributed by atoms with Crippen LogP contribution in [0.25, 0.3) is 0 Å². The first-order chi connectivity index (χ1) is 7.44. The molecule has 1 aliphatic carbocycles. The minimum atomic E-state index is 0.551. The van der Waals surface area contributed by atoms with Crippen LogP contribution in [0, 0.1) is 5.41 Å². The van der Waals surface area contributed by atoms with Crippen LogP contribution in [0.1, 0.15) is 52.9 Å². The van der Waals surface area contributed by atoms with Gasteiger partial charge in [0, 0.05) is 18.6 Å². The third-order valence-corrected chi connectivity index (χ3v) is 4.05. The fraction of sp³-hybridized carbons (Fsp3) is 1.00. The number of hydrogen-bond donors (Lipinski definition) is 1. The Morgan fingerprint density at radius 3 is 2.56 bits per heavy atom. The molecule has 1 aliphatic rings. The van der Waals surface area contributed by atoms with Gasteiger partial charge in [0.15, 0.2) is 0 Å². The largest absolute Gasteiger partial charge is 0.312 e. The summed E-state index contributed by atoms with van der Waals surface area (Å²) in [5.74, 6) is 0. The first-order valence-electron chi connectivity index (χ1n) is 6.84. The van der Waals surface area contributed by atoms with Crippen LogP contribution < -0.4 is 5.32 Å². The fourth-order valence-electron chi connectivity index (χ4n) is 2.87. The quantitative estimate of drug-likeness (QED) is 0.775. The van der Waals surface area contributed by atoms with E-state index in [4.69, 9.17) is 0 Å². The molecule has 0 saturated heterocycles. The molecule has 1 N–H and O–H groups in total. The fourth-order valence-corrected chi connectivity index (χ4v) is 2.87. The Balaban J connectivity index is 2.31. The smallest absolute Gasteiger partial charge is 0.0212 e. The van der Waals surface area contributed by atoms with Crippen molar-refractivity contribution in [3.8, 4) is 0 Å². The lowest BCUT2D eigenvalue weighted by Gasteiger charge is -2.37. The van der Waals surface area contributed by atoms with Crippen molar-refractivity contribution in [3.63, 3.8) is 0 Å². The third-order valence-electron chi connectivity index (χ3n) is 4.05. The summed E-state index contributed by atoms with van der Waals surface area (Å²) < 4.78 is 0. The summed E-state index contributed by atoms with van der Waals surface area (Å²) >= 11 is 0. The van der Waals surface area contributed by atoms with Crippen molar-refractivity contribution in [2.24, 2.45) is 5.41 Å². The molecular weight excluding hydrogens is 196 g/mol. The van der Waals surface area contributed by atoms with Gasteiger partial charge in [-0.3, -0.25) is 0 Å². The Bertz CT molecular complexity index is 199. The Labute approximate surface area is 102 Å². The zero-order chi connectivity index (χ0) is 12.2. The maximum atomic E-state index is 3.77. The minimum Gasteiger partial charge on any atom is -0.312 e. The Morgan fingerprint density at radius 2 is 2.06 bits per heavy atom. The van der Waals surface area contributed by atoms with Gasteiger partial charge in [-0.1, -0.05) is 27.2 Å². The van der Waals surface area contributed by atoms with Crippen LogP contribution in [-0.2, 0) is 0 Å². The van der Waals surface area contributed by atoms with E-state index in [1.54, 1.807) is 0 Å². The highest BCUT2D eigenvalue weighted by atomic mass is 15.1. The molecule has 16 heavy (non-hydrogen) atoms. The van der Waals surface area contributed by atoms with Gasteiger partial charge in [-0.25, -0.2) is 0 Å². The van der Waals surface area contributed by atoms with E-state index in [1.165, 1.54) is 32.1 Å². The molecule has 1 fully saturated rings.